The Hall–Kier alpha value is -0.240. The van der Waals surface area contributed by atoms with Gasteiger partial charge in [-0.1, -0.05) is 0 Å². The highest BCUT2D eigenvalue weighted by Crippen LogP contribution is 2.09. The molecule has 6 heteroatoms. The van der Waals surface area contributed by atoms with Crippen molar-refractivity contribution in [1.29, 1.82) is 0 Å². The van der Waals surface area contributed by atoms with Gasteiger partial charge in [0.2, 0.25) is 0 Å². The van der Waals surface area contributed by atoms with Crippen LogP contribution in [0.5, 0.6) is 0 Å². The summed E-state index contributed by atoms with van der Waals surface area (Å²) in [6, 6.07) is 0. The molecule has 0 spiro atoms. The maximum Gasteiger partial charge on any atom is 0.0639 e. The molecule has 0 aromatic rings. The van der Waals surface area contributed by atoms with Crippen molar-refractivity contribution < 1.29 is 10.2 Å². The molecule has 28 heavy (non-hydrogen) atoms. The second-order valence-electron chi connectivity index (χ2n) is 9.10. The molecule has 0 saturated carbocycles. The third kappa shape index (κ3) is 10.5. The first-order chi connectivity index (χ1) is 13.5. The van der Waals surface area contributed by atoms with Gasteiger partial charge in [-0.3, -0.25) is 9.80 Å². The van der Waals surface area contributed by atoms with E-state index in [0.29, 0.717) is 0 Å². The minimum atomic E-state index is -0.285. The van der Waals surface area contributed by atoms with Crippen molar-refractivity contribution in [3.8, 4) is 0 Å². The molecule has 2 rings (SSSR count). The number of hydrogen-bond donors (Lipinski definition) is 2. The van der Waals surface area contributed by atoms with Crippen molar-refractivity contribution in [3.05, 3.63) is 0 Å². The van der Waals surface area contributed by atoms with Crippen LogP contribution in [-0.2, 0) is 0 Å². The molecule has 0 bridgehead atoms. The lowest BCUT2D eigenvalue weighted by atomic mass is 10.2. The summed E-state index contributed by atoms with van der Waals surface area (Å²) in [5.74, 6) is 0. The first-order valence-corrected chi connectivity index (χ1v) is 11.8. The molecule has 0 radical (unpaired) electrons. The number of rotatable bonds is 15. The second-order valence-corrected chi connectivity index (χ2v) is 9.10. The zero-order valence-corrected chi connectivity index (χ0v) is 18.6. The molecule has 2 unspecified atom stereocenters. The monoisotopic (exact) mass is 398 g/mol. The summed E-state index contributed by atoms with van der Waals surface area (Å²) in [5.41, 5.74) is 0. The van der Waals surface area contributed by atoms with Crippen molar-refractivity contribution >= 4 is 0 Å². The van der Waals surface area contributed by atoms with E-state index >= 15 is 0 Å². The largest absolute Gasteiger partial charge is 0.392 e. The Morgan fingerprint density at radius 1 is 0.643 bits per heavy atom. The van der Waals surface area contributed by atoms with E-state index in [1.807, 2.05) is 13.8 Å². The zero-order chi connectivity index (χ0) is 20.2. The van der Waals surface area contributed by atoms with E-state index in [9.17, 15) is 10.2 Å². The quantitative estimate of drug-likeness (QED) is 0.434. The SMILES string of the molecule is CC(O)CN(CCCN1CCCC1)CCN(CCCN1CCCC1)CC(C)O. The second kappa shape index (κ2) is 13.9. The van der Waals surface area contributed by atoms with E-state index in [4.69, 9.17) is 0 Å². The molecule has 6 nitrogen and oxygen atoms in total. The lowest BCUT2D eigenvalue weighted by Crippen LogP contribution is -2.42. The highest BCUT2D eigenvalue weighted by atomic mass is 16.3. The molecular weight excluding hydrogens is 352 g/mol. The van der Waals surface area contributed by atoms with Gasteiger partial charge >= 0.3 is 0 Å². The van der Waals surface area contributed by atoms with Crippen LogP contribution < -0.4 is 0 Å². The van der Waals surface area contributed by atoms with Crippen LogP contribution in [0.4, 0.5) is 0 Å². The van der Waals surface area contributed by atoms with Crippen molar-refractivity contribution in [3.63, 3.8) is 0 Å². The van der Waals surface area contributed by atoms with Gasteiger partial charge in [0.05, 0.1) is 12.2 Å². The minimum Gasteiger partial charge on any atom is -0.392 e. The zero-order valence-electron chi connectivity index (χ0n) is 18.6. The van der Waals surface area contributed by atoms with Gasteiger partial charge in [0.1, 0.15) is 0 Å². The van der Waals surface area contributed by atoms with Crippen LogP contribution in [0.1, 0.15) is 52.4 Å². The summed E-state index contributed by atoms with van der Waals surface area (Å²) in [5, 5.41) is 19.8. The summed E-state index contributed by atoms with van der Waals surface area (Å²) < 4.78 is 0. The Morgan fingerprint density at radius 2 is 1.00 bits per heavy atom. The van der Waals surface area contributed by atoms with Crippen LogP contribution in [0.3, 0.4) is 0 Å². The van der Waals surface area contributed by atoms with Gasteiger partial charge in [0, 0.05) is 26.2 Å². The standard InChI is InChI=1S/C22H46N4O2/c1-21(27)19-25(15-7-13-23-9-3-4-10-23)17-18-26(20-22(2)28)16-8-14-24-11-5-6-12-24/h21-22,27-28H,3-20H2,1-2H3. The molecule has 0 aliphatic carbocycles. The highest BCUT2D eigenvalue weighted by molar-refractivity contribution is 4.72. The molecular formula is C22H46N4O2. The fourth-order valence-corrected chi connectivity index (χ4v) is 4.67. The van der Waals surface area contributed by atoms with E-state index in [-0.39, 0.29) is 12.2 Å². The molecule has 2 N–H and O–H groups in total. The molecule has 2 heterocycles. The van der Waals surface area contributed by atoms with Gasteiger partial charge in [-0.15, -0.1) is 0 Å². The topological polar surface area (TPSA) is 53.4 Å². The van der Waals surface area contributed by atoms with Crippen LogP contribution in [-0.4, -0.2) is 121 Å². The summed E-state index contributed by atoms with van der Waals surface area (Å²) >= 11 is 0. The van der Waals surface area contributed by atoms with Gasteiger partial charge in [0.15, 0.2) is 0 Å². The van der Waals surface area contributed by atoms with Crippen LogP contribution >= 0.6 is 0 Å². The van der Waals surface area contributed by atoms with Gasteiger partial charge in [-0.05, 0) is 105 Å². The molecule has 166 valence electrons. The van der Waals surface area contributed by atoms with Crippen molar-refractivity contribution in [2.45, 2.75) is 64.6 Å². The normalized spacial score (nSPS) is 21.2. The predicted octanol–water partition coefficient (Wildman–Crippen LogP) is 1.32. The van der Waals surface area contributed by atoms with Gasteiger partial charge < -0.3 is 20.0 Å². The third-order valence-electron chi connectivity index (χ3n) is 6.07. The molecule has 0 amide bonds. The smallest absolute Gasteiger partial charge is 0.0639 e. The average Bonchev–Trinajstić information content (AvgIpc) is 3.32. The minimum absolute atomic E-state index is 0.285. The summed E-state index contributed by atoms with van der Waals surface area (Å²) in [6.07, 6.45) is 7.19. The van der Waals surface area contributed by atoms with Crippen LogP contribution in [0.25, 0.3) is 0 Å². The van der Waals surface area contributed by atoms with E-state index < -0.39 is 0 Å². The molecule has 0 aromatic heterocycles. The predicted molar refractivity (Wildman–Crippen MR) is 117 cm³/mol. The molecule has 0 aromatic carbocycles. The fraction of sp³-hybridized carbons (Fsp3) is 1.00. The van der Waals surface area contributed by atoms with E-state index in [1.54, 1.807) is 0 Å². The van der Waals surface area contributed by atoms with Crippen molar-refractivity contribution in [2.24, 2.45) is 0 Å². The number of hydrogen-bond acceptors (Lipinski definition) is 6. The average molecular weight is 399 g/mol. The Morgan fingerprint density at radius 3 is 1.32 bits per heavy atom. The highest BCUT2D eigenvalue weighted by Gasteiger charge is 2.16. The Balaban J connectivity index is 1.70. The van der Waals surface area contributed by atoms with Crippen LogP contribution in [0, 0.1) is 0 Å². The van der Waals surface area contributed by atoms with Crippen LogP contribution in [0.2, 0.25) is 0 Å². The van der Waals surface area contributed by atoms with Gasteiger partial charge in [-0.25, -0.2) is 0 Å². The summed E-state index contributed by atoms with van der Waals surface area (Å²) in [7, 11) is 0. The number of aliphatic hydroxyl groups is 2. The first kappa shape index (κ1) is 24.0. The van der Waals surface area contributed by atoms with E-state index in [1.165, 1.54) is 77.8 Å². The van der Waals surface area contributed by atoms with E-state index in [2.05, 4.69) is 19.6 Å². The number of aliphatic hydroxyl groups excluding tert-OH is 2. The van der Waals surface area contributed by atoms with E-state index in [0.717, 1.165) is 39.3 Å². The fourth-order valence-electron chi connectivity index (χ4n) is 4.67. The van der Waals surface area contributed by atoms with Crippen LogP contribution in [0.15, 0.2) is 0 Å². The first-order valence-electron chi connectivity index (χ1n) is 11.8. The summed E-state index contributed by atoms with van der Waals surface area (Å²) in [4.78, 5) is 9.96. The Labute approximate surface area is 173 Å². The third-order valence-corrected chi connectivity index (χ3v) is 6.07. The number of likely N-dealkylation sites (tertiary alicyclic amines) is 2. The van der Waals surface area contributed by atoms with Crippen molar-refractivity contribution in [2.75, 3.05) is 78.5 Å². The maximum absolute atomic E-state index is 9.90. The Kier molecular flexibility index (Phi) is 11.9. The molecule has 2 aliphatic heterocycles. The maximum atomic E-state index is 9.90. The van der Waals surface area contributed by atoms with Gasteiger partial charge in [0.25, 0.3) is 0 Å². The molecule has 2 aliphatic rings. The molecule has 2 atom stereocenters. The lowest BCUT2D eigenvalue weighted by molar-refractivity contribution is 0.0926. The molecule has 2 fully saturated rings. The van der Waals surface area contributed by atoms with Crippen molar-refractivity contribution in [1.82, 2.24) is 19.6 Å². The van der Waals surface area contributed by atoms with Gasteiger partial charge in [-0.2, -0.15) is 0 Å². The molecule has 2 saturated heterocycles. The lowest BCUT2D eigenvalue weighted by Gasteiger charge is -2.30. The summed E-state index contributed by atoms with van der Waals surface area (Å²) in [6.45, 7) is 16.7. The Bertz CT molecular complexity index is 347. The number of nitrogens with zero attached hydrogens (tertiary/aromatic N) is 4.